The van der Waals surface area contributed by atoms with Gasteiger partial charge in [0, 0.05) is 0 Å². The molecule has 2 aliphatic rings. The van der Waals surface area contributed by atoms with Gasteiger partial charge in [-0.25, -0.2) is 0 Å². The Kier molecular flexibility index (Phi) is 6.38. The van der Waals surface area contributed by atoms with Crippen LogP contribution in [0.4, 0.5) is 0 Å². The van der Waals surface area contributed by atoms with E-state index in [4.69, 9.17) is 22.2 Å². The molecular formula is C12H16Cl2SiTi. The van der Waals surface area contributed by atoms with E-state index in [9.17, 15) is 0 Å². The van der Waals surface area contributed by atoms with Crippen LogP contribution in [0.5, 0.6) is 0 Å². The van der Waals surface area contributed by atoms with E-state index in [1.807, 2.05) is 13.1 Å². The maximum Gasteiger partial charge on any atom is 0.245 e. The third-order valence-electron chi connectivity index (χ3n) is 1.86. The number of allylic oxidation sites excluding steroid dienone is 8. The van der Waals surface area contributed by atoms with Crippen LogP contribution in [0.15, 0.2) is 44.2 Å². The molecule has 0 amide bonds. The number of rotatable bonds is 2. The zero-order valence-electron chi connectivity index (χ0n) is 9.63. The molecule has 0 bridgehead atoms. The second kappa shape index (κ2) is 7.03. The first-order chi connectivity index (χ1) is 7.45. The molecule has 0 heterocycles. The van der Waals surface area contributed by atoms with Gasteiger partial charge in [0.1, 0.15) is 0 Å². The van der Waals surface area contributed by atoms with Crippen molar-refractivity contribution < 1.29 is 19.2 Å². The molecule has 0 spiro atoms. The Morgan fingerprint density at radius 1 is 1.00 bits per heavy atom. The molecule has 0 saturated heterocycles. The molecule has 0 aromatic rings. The van der Waals surface area contributed by atoms with Crippen molar-refractivity contribution in [2.24, 2.45) is 0 Å². The Labute approximate surface area is 117 Å². The van der Waals surface area contributed by atoms with Gasteiger partial charge < -0.3 is 0 Å². The largest absolute Gasteiger partial charge is 0.245 e. The molecule has 16 heavy (non-hydrogen) atoms. The van der Waals surface area contributed by atoms with Crippen molar-refractivity contribution in [1.82, 2.24) is 0 Å². The Morgan fingerprint density at radius 2 is 1.38 bits per heavy atom. The second-order valence-corrected chi connectivity index (χ2v) is 15.4. The molecule has 86 valence electrons. The molecule has 2 aliphatic carbocycles. The van der Waals surface area contributed by atoms with Gasteiger partial charge in [0.15, 0.2) is 0 Å². The molecule has 0 saturated carbocycles. The topological polar surface area (TPSA) is 0 Å². The molecule has 0 N–H and O–H groups in total. The van der Waals surface area contributed by atoms with Gasteiger partial charge in [-0.1, -0.05) is 0 Å². The van der Waals surface area contributed by atoms with Crippen molar-refractivity contribution in [3.05, 3.63) is 44.2 Å². The van der Waals surface area contributed by atoms with Crippen LogP contribution in [0, 0.1) is 0 Å². The van der Waals surface area contributed by atoms with E-state index in [0.29, 0.717) is 0 Å². The first-order valence-corrected chi connectivity index (χ1v) is 11.9. The minimum atomic E-state index is -1.67. The van der Waals surface area contributed by atoms with Gasteiger partial charge in [-0.2, -0.15) is 0 Å². The Morgan fingerprint density at radius 3 is 1.62 bits per heavy atom. The Balaban J connectivity index is 0.000000221. The summed E-state index contributed by atoms with van der Waals surface area (Å²) >= 11 is 11.0. The molecule has 0 aromatic carbocycles. The molecule has 0 unspecified atom stereocenters. The van der Waals surface area contributed by atoms with Crippen LogP contribution in [0.2, 0.25) is 13.1 Å². The number of halogens is 2. The quantitative estimate of drug-likeness (QED) is 0.501. The molecule has 0 fully saturated rings. The maximum atomic E-state index is 5.43. The summed E-state index contributed by atoms with van der Waals surface area (Å²) in [5.41, 5.74) is 0. The minimum Gasteiger partial charge on any atom is -0.146 e. The van der Waals surface area contributed by atoms with E-state index >= 15 is 0 Å². The van der Waals surface area contributed by atoms with E-state index in [-0.39, 0.29) is 19.2 Å². The molecule has 0 nitrogen and oxygen atoms in total. The van der Waals surface area contributed by atoms with Crippen molar-refractivity contribution in [2.45, 2.75) is 25.9 Å². The summed E-state index contributed by atoms with van der Waals surface area (Å²) in [6.07, 6.45) is 15.9. The summed E-state index contributed by atoms with van der Waals surface area (Å²) in [6, 6.07) is 0. The van der Waals surface area contributed by atoms with Crippen LogP contribution in [0.1, 0.15) is 12.8 Å². The van der Waals surface area contributed by atoms with Crippen molar-refractivity contribution in [1.29, 1.82) is 0 Å². The van der Waals surface area contributed by atoms with Crippen LogP contribution >= 0.6 is 22.2 Å². The van der Waals surface area contributed by atoms with Gasteiger partial charge in [-0.05, 0) is 13.1 Å². The zero-order valence-corrected chi connectivity index (χ0v) is 13.7. The fraction of sp³-hybridized carbons (Fsp3) is 0.333. The van der Waals surface area contributed by atoms with Gasteiger partial charge in [0.05, 0.1) is 0 Å². The normalized spacial score (nSPS) is 17.8. The summed E-state index contributed by atoms with van der Waals surface area (Å²) in [6.45, 7) is 2.05. The SMILES string of the molecule is C1=CC[C]([Ti][C]2=CC=CC2)=C1.C[Si](C)(Cl)Cl. The monoisotopic (exact) mass is 306 g/mol. The molecule has 4 heteroatoms. The molecule has 0 aromatic heterocycles. The molecule has 2 rings (SSSR count). The fourth-order valence-electron chi connectivity index (χ4n) is 1.29. The van der Waals surface area contributed by atoms with Crippen LogP contribution in [-0.4, -0.2) is 6.69 Å². The van der Waals surface area contributed by atoms with Crippen molar-refractivity contribution in [2.75, 3.05) is 0 Å². The molecular weight excluding hydrogens is 291 g/mol. The standard InChI is InChI=1S/2C5H5.C2H6Cl2Si.Ti/c2*1-2-4-5-3-1;1-5(2,3)4;/h2*1-3H,4H2;1-2H3;. The summed E-state index contributed by atoms with van der Waals surface area (Å²) in [7, 11) is 0. The van der Waals surface area contributed by atoms with Gasteiger partial charge in [-0.3, -0.25) is 0 Å². The summed E-state index contributed by atoms with van der Waals surface area (Å²) < 4.78 is 3.36. The number of hydrogen-bond donors (Lipinski definition) is 0. The molecule has 0 atom stereocenters. The number of hydrogen-bond acceptors (Lipinski definition) is 0. The average molecular weight is 307 g/mol. The van der Waals surface area contributed by atoms with Crippen molar-refractivity contribution >= 4 is 28.9 Å². The maximum absolute atomic E-state index is 5.43. The summed E-state index contributed by atoms with van der Waals surface area (Å²) in [5.74, 6) is 0. The smallest absolute Gasteiger partial charge is 0.146 e. The summed E-state index contributed by atoms with van der Waals surface area (Å²) in [4.78, 5) is 0. The van der Waals surface area contributed by atoms with E-state index in [2.05, 4.69) is 36.5 Å². The van der Waals surface area contributed by atoms with Crippen molar-refractivity contribution in [3.8, 4) is 0 Å². The van der Waals surface area contributed by atoms with E-state index in [0.717, 1.165) is 0 Å². The van der Waals surface area contributed by atoms with Gasteiger partial charge in [0.25, 0.3) is 0 Å². The van der Waals surface area contributed by atoms with Crippen LogP contribution in [0.25, 0.3) is 0 Å². The third-order valence-corrected chi connectivity index (χ3v) is 4.02. The Hall–Kier alpha value is 0.471. The van der Waals surface area contributed by atoms with Gasteiger partial charge in [0.2, 0.25) is 6.69 Å². The van der Waals surface area contributed by atoms with E-state index < -0.39 is 6.69 Å². The summed E-state index contributed by atoms with van der Waals surface area (Å²) in [5, 5.41) is 0. The van der Waals surface area contributed by atoms with E-state index in [1.165, 1.54) is 12.8 Å². The minimum absolute atomic E-state index is 0.0833. The third kappa shape index (κ3) is 7.70. The molecule has 0 aliphatic heterocycles. The second-order valence-electron chi connectivity index (χ2n) is 4.10. The first kappa shape index (κ1) is 14.5. The fourth-order valence-corrected chi connectivity index (χ4v) is 3.18. The van der Waals surface area contributed by atoms with Gasteiger partial charge in [-0.15, -0.1) is 22.2 Å². The Bertz CT molecular complexity index is 315. The van der Waals surface area contributed by atoms with E-state index in [1.54, 1.807) is 7.76 Å². The van der Waals surface area contributed by atoms with Crippen LogP contribution < -0.4 is 0 Å². The van der Waals surface area contributed by atoms with Crippen LogP contribution in [-0.2, 0) is 19.2 Å². The van der Waals surface area contributed by atoms with Crippen LogP contribution in [0.3, 0.4) is 0 Å². The first-order valence-electron chi connectivity index (χ1n) is 5.31. The predicted octanol–water partition coefficient (Wildman–Crippen LogP) is 4.92. The van der Waals surface area contributed by atoms with Gasteiger partial charge >= 0.3 is 76.2 Å². The van der Waals surface area contributed by atoms with Crippen molar-refractivity contribution in [3.63, 3.8) is 0 Å². The predicted molar refractivity (Wildman–Crippen MR) is 72.9 cm³/mol. The average Bonchev–Trinajstić information content (AvgIpc) is 2.74. The zero-order chi connectivity index (χ0) is 12.0. The molecule has 0 radical (unpaired) electrons.